The summed E-state index contributed by atoms with van der Waals surface area (Å²) >= 11 is 0. The van der Waals surface area contributed by atoms with Crippen molar-refractivity contribution in [2.24, 2.45) is 0 Å². The molecular formula is C8H12N4. The number of rotatable bonds is 2. The minimum atomic E-state index is 0.259. The Morgan fingerprint density at radius 3 is 1.92 bits per heavy atom. The average molecular weight is 164 g/mol. The molecular weight excluding hydrogens is 152 g/mol. The molecule has 2 unspecified atom stereocenters. The monoisotopic (exact) mass is 164 g/mol. The minimum Gasteiger partial charge on any atom is -0.321 e. The third-order valence-electron chi connectivity index (χ3n) is 2.21. The molecule has 1 aliphatic carbocycles. The second-order valence-electron chi connectivity index (χ2n) is 3.07. The van der Waals surface area contributed by atoms with E-state index in [4.69, 9.17) is 10.5 Å². The van der Waals surface area contributed by atoms with Gasteiger partial charge >= 0.3 is 0 Å². The molecule has 4 heteroatoms. The lowest BCUT2D eigenvalue weighted by Crippen LogP contribution is -2.38. The van der Waals surface area contributed by atoms with Gasteiger partial charge in [-0.1, -0.05) is 0 Å². The van der Waals surface area contributed by atoms with Crippen molar-refractivity contribution in [3.8, 4) is 12.4 Å². The van der Waals surface area contributed by atoms with E-state index in [0.717, 1.165) is 25.7 Å². The molecule has 0 spiro atoms. The van der Waals surface area contributed by atoms with E-state index in [9.17, 15) is 0 Å². The van der Waals surface area contributed by atoms with Gasteiger partial charge in [0, 0.05) is 12.1 Å². The molecule has 2 N–H and O–H groups in total. The molecule has 0 aromatic carbocycles. The van der Waals surface area contributed by atoms with Crippen LogP contribution in [0.4, 0.5) is 0 Å². The highest BCUT2D eigenvalue weighted by Gasteiger charge is 2.20. The largest absolute Gasteiger partial charge is 0.321 e. The molecule has 0 aliphatic heterocycles. The number of nitrogens with one attached hydrogen (secondary N) is 2. The fraction of sp³-hybridized carbons (Fsp3) is 0.750. The highest BCUT2D eigenvalue weighted by molar-refractivity contribution is 4.88. The van der Waals surface area contributed by atoms with E-state index in [2.05, 4.69) is 10.6 Å². The molecule has 0 radical (unpaired) electrons. The maximum absolute atomic E-state index is 8.39. The van der Waals surface area contributed by atoms with Crippen LogP contribution in [0.5, 0.6) is 0 Å². The van der Waals surface area contributed by atoms with E-state index in [-0.39, 0.29) is 12.1 Å². The molecule has 12 heavy (non-hydrogen) atoms. The Morgan fingerprint density at radius 1 is 1.00 bits per heavy atom. The Morgan fingerprint density at radius 2 is 1.50 bits per heavy atom. The first-order valence-electron chi connectivity index (χ1n) is 4.16. The SMILES string of the molecule is N#CNC1CCCC(NC#N)C1. The summed E-state index contributed by atoms with van der Waals surface area (Å²) in [4.78, 5) is 0. The van der Waals surface area contributed by atoms with Crippen LogP contribution < -0.4 is 10.6 Å². The first kappa shape index (κ1) is 8.67. The van der Waals surface area contributed by atoms with Crippen LogP contribution in [-0.2, 0) is 0 Å². The summed E-state index contributed by atoms with van der Waals surface area (Å²) in [5, 5.41) is 22.2. The van der Waals surface area contributed by atoms with Gasteiger partial charge in [-0.05, 0) is 25.7 Å². The van der Waals surface area contributed by atoms with Crippen molar-refractivity contribution < 1.29 is 0 Å². The molecule has 1 rings (SSSR count). The van der Waals surface area contributed by atoms with E-state index in [1.54, 1.807) is 0 Å². The smallest absolute Gasteiger partial charge is 0.176 e. The van der Waals surface area contributed by atoms with E-state index in [0.29, 0.717) is 0 Å². The van der Waals surface area contributed by atoms with Gasteiger partial charge in [0.15, 0.2) is 12.4 Å². The Bertz CT molecular complexity index is 190. The zero-order valence-electron chi connectivity index (χ0n) is 6.88. The summed E-state index contributed by atoms with van der Waals surface area (Å²) in [5.74, 6) is 0. The van der Waals surface area contributed by atoms with Gasteiger partial charge in [0.25, 0.3) is 0 Å². The Balaban J connectivity index is 2.32. The number of hydrogen-bond acceptors (Lipinski definition) is 4. The molecule has 0 heterocycles. The fourth-order valence-corrected chi connectivity index (χ4v) is 1.63. The molecule has 0 bridgehead atoms. The van der Waals surface area contributed by atoms with Crippen molar-refractivity contribution in [2.75, 3.05) is 0 Å². The molecule has 4 nitrogen and oxygen atoms in total. The predicted octanol–water partition coefficient (Wildman–Crippen LogP) is 0.439. The summed E-state index contributed by atoms with van der Waals surface area (Å²) in [6, 6.07) is 0.518. The minimum absolute atomic E-state index is 0.259. The Hall–Kier alpha value is -1.42. The van der Waals surface area contributed by atoms with Crippen LogP contribution in [0, 0.1) is 22.9 Å². The summed E-state index contributed by atoms with van der Waals surface area (Å²) in [6.07, 6.45) is 7.91. The van der Waals surface area contributed by atoms with Crippen molar-refractivity contribution in [1.82, 2.24) is 10.6 Å². The summed E-state index contributed by atoms with van der Waals surface area (Å²) in [6.45, 7) is 0. The highest BCUT2D eigenvalue weighted by atomic mass is 15.0. The van der Waals surface area contributed by atoms with Crippen molar-refractivity contribution in [2.45, 2.75) is 37.8 Å². The van der Waals surface area contributed by atoms with Crippen molar-refractivity contribution in [1.29, 1.82) is 10.5 Å². The lowest BCUT2D eigenvalue weighted by molar-refractivity contribution is 0.343. The third-order valence-corrected chi connectivity index (χ3v) is 2.21. The van der Waals surface area contributed by atoms with Gasteiger partial charge in [-0.3, -0.25) is 0 Å². The second kappa shape index (κ2) is 4.46. The molecule has 1 saturated carbocycles. The van der Waals surface area contributed by atoms with E-state index in [1.807, 2.05) is 12.4 Å². The maximum atomic E-state index is 8.39. The number of hydrogen-bond donors (Lipinski definition) is 2. The van der Waals surface area contributed by atoms with Crippen LogP contribution >= 0.6 is 0 Å². The maximum Gasteiger partial charge on any atom is 0.176 e. The first-order valence-corrected chi connectivity index (χ1v) is 4.16. The third kappa shape index (κ3) is 2.32. The molecule has 0 aromatic heterocycles. The van der Waals surface area contributed by atoms with Gasteiger partial charge < -0.3 is 10.6 Å². The molecule has 1 aliphatic rings. The van der Waals surface area contributed by atoms with E-state index >= 15 is 0 Å². The van der Waals surface area contributed by atoms with Gasteiger partial charge in [0.1, 0.15) is 0 Å². The van der Waals surface area contributed by atoms with E-state index in [1.165, 1.54) is 0 Å². The highest BCUT2D eigenvalue weighted by Crippen LogP contribution is 2.17. The lowest BCUT2D eigenvalue weighted by atomic mass is 9.91. The second-order valence-corrected chi connectivity index (χ2v) is 3.07. The standard InChI is InChI=1S/C8H12N4/c9-5-11-7-2-1-3-8(4-7)12-6-10/h7-8,11-12H,1-4H2. The average Bonchev–Trinajstić information content (AvgIpc) is 2.06. The van der Waals surface area contributed by atoms with Gasteiger partial charge in [0.05, 0.1) is 0 Å². The van der Waals surface area contributed by atoms with E-state index < -0.39 is 0 Å². The Labute approximate surface area is 72.2 Å². The zero-order valence-corrected chi connectivity index (χ0v) is 6.88. The molecule has 1 fully saturated rings. The summed E-state index contributed by atoms with van der Waals surface area (Å²) < 4.78 is 0. The molecule has 64 valence electrons. The topological polar surface area (TPSA) is 71.6 Å². The van der Waals surface area contributed by atoms with Gasteiger partial charge in [-0.15, -0.1) is 0 Å². The van der Waals surface area contributed by atoms with Crippen LogP contribution in [0.2, 0.25) is 0 Å². The van der Waals surface area contributed by atoms with Gasteiger partial charge in [-0.2, -0.15) is 10.5 Å². The van der Waals surface area contributed by atoms with Crippen molar-refractivity contribution in [3.63, 3.8) is 0 Å². The van der Waals surface area contributed by atoms with Gasteiger partial charge in [0.2, 0.25) is 0 Å². The zero-order chi connectivity index (χ0) is 8.81. The van der Waals surface area contributed by atoms with Crippen molar-refractivity contribution >= 4 is 0 Å². The summed E-state index contributed by atoms with van der Waals surface area (Å²) in [7, 11) is 0. The fourth-order valence-electron chi connectivity index (χ4n) is 1.63. The molecule has 2 atom stereocenters. The predicted molar refractivity (Wildman–Crippen MR) is 43.5 cm³/mol. The van der Waals surface area contributed by atoms with Crippen LogP contribution in [0.1, 0.15) is 25.7 Å². The van der Waals surface area contributed by atoms with Crippen LogP contribution in [0.25, 0.3) is 0 Å². The Kier molecular flexibility index (Phi) is 3.22. The van der Waals surface area contributed by atoms with Gasteiger partial charge in [-0.25, -0.2) is 0 Å². The molecule has 0 aromatic rings. The van der Waals surface area contributed by atoms with Crippen molar-refractivity contribution in [3.05, 3.63) is 0 Å². The number of nitriles is 2. The molecule has 0 saturated heterocycles. The van der Waals surface area contributed by atoms with Crippen LogP contribution in [0.15, 0.2) is 0 Å². The quantitative estimate of drug-likeness (QED) is 0.459. The van der Waals surface area contributed by atoms with Crippen LogP contribution in [-0.4, -0.2) is 12.1 Å². The number of nitrogens with zero attached hydrogens (tertiary/aromatic N) is 2. The molecule has 0 amide bonds. The summed E-state index contributed by atoms with van der Waals surface area (Å²) in [5.41, 5.74) is 0. The normalized spacial score (nSPS) is 28.2. The first-order chi connectivity index (χ1) is 5.86. The van der Waals surface area contributed by atoms with Crippen LogP contribution in [0.3, 0.4) is 0 Å². The lowest BCUT2D eigenvalue weighted by Gasteiger charge is -2.26.